The Balaban J connectivity index is -0.000000216. The first kappa shape index (κ1) is 14.8. The summed E-state index contributed by atoms with van der Waals surface area (Å²) in [4.78, 5) is 0. The maximum absolute atomic E-state index is 3.30. The van der Waals surface area contributed by atoms with Crippen molar-refractivity contribution < 1.29 is 28.7 Å². The summed E-state index contributed by atoms with van der Waals surface area (Å²) >= 11 is 0. The Kier molecular flexibility index (Phi) is 10.2. The van der Waals surface area contributed by atoms with Crippen LogP contribution in [0, 0.1) is 12.2 Å². The second kappa shape index (κ2) is 10.4. The Morgan fingerprint density at radius 2 is 2.20 bits per heavy atom. The molecule has 0 saturated carbocycles. The monoisotopic (exact) mass is 368 g/mol. The van der Waals surface area contributed by atoms with E-state index in [1.165, 1.54) is 24.8 Å². The Morgan fingerprint density at radius 1 is 1.33 bits per heavy atom. The predicted molar refractivity (Wildman–Crippen MR) is 63.8 cm³/mol. The summed E-state index contributed by atoms with van der Waals surface area (Å²) in [7, 11) is 0. The molecule has 0 bridgehead atoms. The van der Waals surface area contributed by atoms with Crippen molar-refractivity contribution in [3.05, 3.63) is 48.1 Å². The van der Waals surface area contributed by atoms with Crippen LogP contribution in [0.25, 0.3) is 0 Å². The van der Waals surface area contributed by atoms with E-state index < -0.39 is 0 Å². The van der Waals surface area contributed by atoms with Crippen molar-refractivity contribution in [2.24, 2.45) is 0 Å². The van der Waals surface area contributed by atoms with E-state index in [9.17, 15) is 0 Å². The van der Waals surface area contributed by atoms with Crippen LogP contribution in [0.3, 0.4) is 0 Å². The standard InChI is InChI=1S/C9H13.C5H5.Hf.2H/c1-2-3-6-9-7-4-5-8-9;1-2-4-5-3-1;;;/h4,7H,2-3,5-6H2,1H3;1-3H,4H2;;;/q2*-1;;2*-1. The van der Waals surface area contributed by atoms with E-state index in [0.717, 1.165) is 12.8 Å². The molecule has 2 aliphatic rings. The van der Waals surface area contributed by atoms with Gasteiger partial charge in [-0.2, -0.15) is 12.2 Å². The van der Waals surface area contributed by atoms with Gasteiger partial charge in [0, 0.05) is 25.8 Å². The summed E-state index contributed by atoms with van der Waals surface area (Å²) in [5.41, 5.74) is 1.41. The van der Waals surface area contributed by atoms with Crippen molar-refractivity contribution in [3.63, 3.8) is 0 Å². The summed E-state index contributed by atoms with van der Waals surface area (Å²) < 4.78 is 0. The Labute approximate surface area is 116 Å². The van der Waals surface area contributed by atoms with Gasteiger partial charge < -0.3 is 2.85 Å². The van der Waals surface area contributed by atoms with Gasteiger partial charge in [0.15, 0.2) is 0 Å². The van der Waals surface area contributed by atoms with E-state index in [0.29, 0.717) is 0 Å². The largest absolute Gasteiger partial charge is 1.00 e. The molecular weight excluding hydrogens is 347 g/mol. The van der Waals surface area contributed by atoms with E-state index in [1.807, 2.05) is 12.2 Å². The molecule has 0 atom stereocenters. The van der Waals surface area contributed by atoms with E-state index in [1.54, 1.807) is 0 Å². The molecule has 0 spiro atoms. The second-order valence-corrected chi connectivity index (χ2v) is 3.42. The molecule has 0 radical (unpaired) electrons. The van der Waals surface area contributed by atoms with Crippen LogP contribution >= 0.6 is 0 Å². The van der Waals surface area contributed by atoms with E-state index >= 15 is 0 Å². The average molecular weight is 367 g/mol. The Hall–Kier alpha value is -0.170. The van der Waals surface area contributed by atoms with Gasteiger partial charge in [0.2, 0.25) is 0 Å². The molecule has 0 aliphatic heterocycles. The number of rotatable bonds is 3. The Bertz CT molecular complexity index is 255. The molecule has 0 amide bonds. The van der Waals surface area contributed by atoms with Gasteiger partial charge in [-0.25, -0.2) is 23.8 Å². The van der Waals surface area contributed by atoms with Crippen molar-refractivity contribution in [3.8, 4) is 0 Å². The van der Waals surface area contributed by atoms with Crippen molar-refractivity contribution >= 4 is 0 Å². The molecular formula is C14H20Hf-4. The van der Waals surface area contributed by atoms with E-state index in [4.69, 9.17) is 0 Å². The minimum Gasteiger partial charge on any atom is -1.00 e. The van der Waals surface area contributed by atoms with Crippen LogP contribution in [0.5, 0.6) is 0 Å². The maximum Gasteiger partial charge on any atom is 0 e. The molecule has 0 nitrogen and oxygen atoms in total. The summed E-state index contributed by atoms with van der Waals surface area (Å²) in [6.45, 7) is 2.22. The van der Waals surface area contributed by atoms with E-state index in [-0.39, 0.29) is 28.7 Å². The number of hydrogen-bond donors (Lipinski definition) is 0. The quantitative estimate of drug-likeness (QED) is 0.513. The molecule has 0 aromatic carbocycles. The summed E-state index contributed by atoms with van der Waals surface area (Å²) in [5, 5.41) is 0. The van der Waals surface area contributed by atoms with Gasteiger partial charge in [0.05, 0.1) is 0 Å². The molecule has 0 unspecified atom stereocenters. The van der Waals surface area contributed by atoms with Gasteiger partial charge in [-0.1, -0.05) is 26.2 Å². The van der Waals surface area contributed by atoms with E-state index in [2.05, 4.69) is 37.3 Å². The van der Waals surface area contributed by atoms with Crippen LogP contribution in [-0.2, 0) is 25.8 Å². The molecule has 84 valence electrons. The normalized spacial score (nSPS) is 15.7. The minimum absolute atomic E-state index is 0. The van der Waals surface area contributed by atoms with Crippen molar-refractivity contribution in [1.82, 2.24) is 0 Å². The first-order valence-electron chi connectivity index (χ1n) is 5.41. The van der Waals surface area contributed by atoms with Gasteiger partial charge in [0.25, 0.3) is 0 Å². The molecule has 0 fully saturated rings. The fraction of sp³-hybridized carbons (Fsp3) is 0.429. The third-order valence-electron chi connectivity index (χ3n) is 2.15. The third-order valence-corrected chi connectivity index (χ3v) is 2.15. The van der Waals surface area contributed by atoms with Gasteiger partial charge in [-0.15, -0.1) is 12.8 Å². The zero-order valence-electron chi connectivity index (χ0n) is 11.4. The molecule has 0 N–H and O–H groups in total. The maximum atomic E-state index is 3.30. The molecule has 0 aromatic heterocycles. The zero-order chi connectivity index (χ0) is 10.1. The Morgan fingerprint density at radius 3 is 2.60 bits per heavy atom. The van der Waals surface area contributed by atoms with Crippen molar-refractivity contribution in [1.29, 1.82) is 0 Å². The molecule has 0 saturated heterocycles. The van der Waals surface area contributed by atoms with Crippen molar-refractivity contribution in [2.75, 3.05) is 0 Å². The SMILES string of the molecule is CCCCC1=[C-]CC=C1.[C-]1=CC=CC1.[H-].[H-].[Hf]. The van der Waals surface area contributed by atoms with Gasteiger partial charge in [-0.05, 0) is 0 Å². The number of unbranched alkanes of at least 4 members (excludes halogenated alkanes) is 1. The minimum atomic E-state index is 0. The summed E-state index contributed by atoms with van der Waals surface area (Å²) in [5.74, 6) is 0. The molecule has 15 heavy (non-hydrogen) atoms. The smallest absolute Gasteiger partial charge is 0 e. The van der Waals surface area contributed by atoms with Gasteiger partial charge in [-0.3, -0.25) is 12.2 Å². The number of hydrogen-bond acceptors (Lipinski definition) is 0. The average Bonchev–Trinajstić information content (AvgIpc) is 2.90. The molecule has 0 heterocycles. The van der Waals surface area contributed by atoms with Crippen molar-refractivity contribution in [2.45, 2.75) is 39.0 Å². The third kappa shape index (κ3) is 7.72. The van der Waals surface area contributed by atoms with Crippen LogP contribution < -0.4 is 0 Å². The molecule has 1 heteroatoms. The molecule has 0 aromatic rings. The predicted octanol–water partition coefficient (Wildman–Crippen LogP) is 4.39. The fourth-order valence-corrected chi connectivity index (χ4v) is 1.33. The second-order valence-electron chi connectivity index (χ2n) is 3.42. The van der Waals surface area contributed by atoms with Gasteiger partial charge >= 0.3 is 0 Å². The molecule has 2 aliphatic carbocycles. The summed E-state index contributed by atoms with van der Waals surface area (Å²) in [6.07, 6.45) is 22.5. The summed E-state index contributed by atoms with van der Waals surface area (Å²) in [6, 6.07) is 0. The topological polar surface area (TPSA) is 0 Å². The zero-order valence-corrected chi connectivity index (χ0v) is 13.0. The van der Waals surface area contributed by atoms with Gasteiger partial charge in [0.1, 0.15) is 0 Å². The molecule has 2 rings (SSSR count). The van der Waals surface area contributed by atoms with Crippen LogP contribution in [0.2, 0.25) is 0 Å². The van der Waals surface area contributed by atoms with Crippen LogP contribution in [-0.4, -0.2) is 0 Å². The van der Waals surface area contributed by atoms with Crippen LogP contribution in [0.15, 0.2) is 36.0 Å². The first-order valence-corrected chi connectivity index (χ1v) is 5.41. The number of allylic oxidation sites excluding steroid dienone is 8. The first-order chi connectivity index (χ1) is 6.93. The van der Waals surface area contributed by atoms with Crippen LogP contribution in [0.4, 0.5) is 0 Å². The van der Waals surface area contributed by atoms with Crippen LogP contribution in [0.1, 0.15) is 41.9 Å². The fourth-order valence-electron chi connectivity index (χ4n) is 1.33.